The molecule has 10 heteroatoms. The van der Waals surface area contributed by atoms with Crippen LogP contribution in [0.1, 0.15) is 24.8 Å². The van der Waals surface area contributed by atoms with Gasteiger partial charge in [0.05, 0.1) is 24.2 Å². The molecule has 1 saturated carbocycles. The Hall–Kier alpha value is -3.50. The molecule has 9 nitrogen and oxygen atoms in total. The van der Waals surface area contributed by atoms with E-state index in [0.29, 0.717) is 32.1 Å². The molecule has 0 radical (unpaired) electrons. The summed E-state index contributed by atoms with van der Waals surface area (Å²) in [4.78, 5) is 17.5. The van der Waals surface area contributed by atoms with Gasteiger partial charge in [-0.3, -0.25) is 4.79 Å². The lowest BCUT2D eigenvalue weighted by Gasteiger charge is -2.27. The van der Waals surface area contributed by atoms with Gasteiger partial charge < -0.3 is 14.5 Å². The third-order valence-electron chi connectivity index (χ3n) is 7.32. The van der Waals surface area contributed by atoms with Gasteiger partial charge in [-0.2, -0.15) is 4.31 Å². The largest absolute Gasteiger partial charge is 0.497 e. The van der Waals surface area contributed by atoms with Gasteiger partial charge in [0.1, 0.15) is 5.75 Å². The topological polar surface area (TPSA) is 95.9 Å². The summed E-state index contributed by atoms with van der Waals surface area (Å²) in [5.74, 6) is 1.69. The third-order valence-corrected chi connectivity index (χ3v) is 9.14. The van der Waals surface area contributed by atoms with Gasteiger partial charge in [-0.25, -0.2) is 8.42 Å². The van der Waals surface area contributed by atoms with Crippen LogP contribution in [0.3, 0.4) is 0 Å². The van der Waals surface area contributed by atoms with Crippen LogP contribution in [-0.2, 0) is 14.8 Å². The van der Waals surface area contributed by atoms with Crippen molar-refractivity contribution < 1.29 is 17.9 Å². The third kappa shape index (κ3) is 6.57. The molecule has 0 unspecified atom stereocenters. The molecule has 2 aliphatic rings. The molecule has 1 saturated heterocycles. The summed E-state index contributed by atoms with van der Waals surface area (Å²) in [6.07, 6.45) is 2.77. The zero-order valence-electron chi connectivity index (χ0n) is 22.5. The fourth-order valence-electron chi connectivity index (χ4n) is 4.77. The molecule has 206 valence electrons. The molecule has 1 aliphatic carbocycles. The highest BCUT2D eigenvalue weighted by molar-refractivity contribution is 7.89. The number of methoxy groups -OCH3 is 1. The van der Waals surface area contributed by atoms with Crippen molar-refractivity contribution in [3.63, 3.8) is 0 Å². The predicted molar refractivity (Wildman–Crippen MR) is 150 cm³/mol. The van der Waals surface area contributed by atoms with Crippen molar-refractivity contribution in [1.82, 2.24) is 19.4 Å². The van der Waals surface area contributed by atoms with Crippen LogP contribution >= 0.6 is 0 Å². The minimum atomic E-state index is -3.75. The summed E-state index contributed by atoms with van der Waals surface area (Å²) in [5, 5.41) is 8.87. The van der Waals surface area contributed by atoms with Gasteiger partial charge in [-0.05, 0) is 68.5 Å². The minimum Gasteiger partial charge on any atom is -0.497 e. The highest BCUT2D eigenvalue weighted by Gasteiger charge is 2.34. The number of nitrogens with zero attached hydrogens (tertiary/aromatic N) is 5. The number of carbonyl (C=O) groups excluding carboxylic acids is 1. The minimum absolute atomic E-state index is 0.137. The van der Waals surface area contributed by atoms with Crippen molar-refractivity contribution in [2.24, 2.45) is 5.92 Å². The van der Waals surface area contributed by atoms with Crippen molar-refractivity contribution in [3.05, 3.63) is 66.2 Å². The number of ether oxygens (including phenoxy) is 1. The fraction of sp³-hybridized carbons (Fsp3) is 0.414. The van der Waals surface area contributed by atoms with E-state index in [1.54, 1.807) is 36.3 Å². The van der Waals surface area contributed by atoms with Gasteiger partial charge >= 0.3 is 0 Å². The number of benzene rings is 2. The molecule has 2 fully saturated rings. The molecular formula is C29H35N5O4S. The van der Waals surface area contributed by atoms with E-state index in [-0.39, 0.29) is 17.3 Å². The van der Waals surface area contributed by atoms with E-state index in [0.717, 1.165) is 54.2 Å². The highest BCUT2D eigenvalue weighted by Crippen LogP contribution is 2.32. The van der Waals surface area contributed by atoms with Crippen molar-refractivity contribution in [2.45, 2.75) is 31.1 Å². The Bertz CT molecular complexity index is 1390. The number of amides is 1. The van der Waals surface area contributed by atoms with Crippen LogP contribution in [0.25, 0.3) is 11.3 Å². The predicted octanol–water partition coefficient (Wildman–Crippen LogP) is 3.60. The highest BCUT2D eigenvalue weighted by atomic mass is 32.2. The lowest BCUT2D eigenvalue weighted by molar-refractivity contribution is -0.131. The van der Waals surface area contributed by atoms with Gasteiger partial charge in [0.25, 0.3) is 0 Å². The number of carbonyl (C=O) groups is 1. The SMILES string of the molecule is COc1cccc(-c2ccc(N3CCCN(C(=O)CN(CC4CC4)S(=O)(=O)c4ccc(C)cc4)CC3)nn2)c1. The maximum Gasteiger partial charge on any atom is 0.243 e. The molecule has 39 heavy (non-hydrogen) atoms. The molecule has 0 atom stereocenters. The van der Waals surface area contributed by atoms with Crippen molar-refractivity contribution in [1.29, 1.82) is 0 Å². The van der Waals surface area contributed by atoms with Crippen LogP contribution < -0.4 is 9.64 Å². The zero-order valence-corrected chi connectivity index (χ0v) is 23.3. The average molecular weight is 550 g/mol. The normalized spacial score (nSPS) is 16.3. The lowest BCUT2D eigenvalue weighted by atomic mass is 10.1. The number of hydrogen-bond donors (Lipinski definition) is 0. The van der Waals surface area contributed by atoms with E-state index in [9.17, 15) is 13.2 Å². The maximum absolute atomic E-state index is 13.4. The fourth-order valence-corrected chi connectivity index (χ4v) is 6.24. The van der Waals surface area contributed by atoms with Gasteiger partial charge in [0.15, 0.2) is 5.82 Å². The van der Waals surface area contributed by atoms with E-state index in [1.807, 2.05) is 43.3 Å². The van der Waals surface area contributed by atoms with Crippen LogP contribution in [0.15, 0.2) is 65.6 Å². The van der Waals surface area contributed by atoms with E-state index in [4.69, 9.17) is 4.74 Å². The Kier molecular flexibility index (Phi) is 8.13. The summed E-state index contributed by atoms with van der Waals surface area (Å²) >= 11 is 0. The Balaban J connectivity index is 1.23. The van der Waals surface area contributed by atoms with Gasteiger partial charge in [0, 0.05) is 38.3 Å². The molecular weight excluding hydrogens is 514 g/mol. The first-order valence-corrected chi connectivity index (χ1v) is 14.9. The molecule has 2 aromatic carbocycles. The number of anilines is 1. The summed E-state index contributed by atoms with van der Waals surface area (Å²) < 4.78 is 33.5. The summed E-state index contributed by atoms with van der Waals surface area (Å²) in [6, 6.07) is 18.4. The summed E-state index contributed by atoms with van der Waals surface area (Å²) in [5.41, 5.74) is 2.68. The average Bonchev–Trinajstić information content (AvgIpc) is 3.80. The zero-order chi connectivity index (χ0) is 27.4. The second-order valence-corrected chi connectivity index (χ2v) is 12.2. The Morgan fingerprint density at radius 2 is 1.79 bits per heavy atom. The van der Waals surface area contributed by atoms with Gasteiger partial charge in [0.2, 0.25) is 15.9 Å². The Morgan fingerprint density at radius 1 is 1.00 bits per heavy atom. The van der Waals surface area contributed by atoms with Crippen LogP contribution in [0, 0.1) is 12.8 Å². The van der Waals surface area contributed by atoms with Crippen LogP contribution in [-0.4, -0.2) is 80.1 Å². The number of aryl methyl sites for hydroxylation is 1. The number of hydrogen-bond acceptors (Lipinski definition) is 7. The first-order valence-electron chi connectivity index (χ1n) is 13.4. The molecule has 0 N–H and O–H groups in total. The quantitative estimate of drug-likeness (QED) is 0.402. The molecule has 0 spiro atoms. The smallest absolute Gasteiger partial charge is 0.243 e. The van der Waals surface area contributed by atoms with E-state index in [2.05, 4.69) is 15.1 Å². The van der Waals surface area contributed by atoms with E-state index >= 15 is 0 Å². The molecule has 0 bridgehead atoms. The molecule has 3 aromatic rings. The summed E-state index contributed by atoms with van der Waals surface area (Å²) in [7, 11) is -2.12. The standard InChI is InChI=1S/C29H35N5O4S/c1-22-7-11-26(12-8-22)39(36,37)34(20-23-9-10-23)21-29(35)33-16-4-15-32(17-18-33)28-14-13-27(30-31-28)24-5-3-6-25(19-24)38-2/h3,5-8,11-14,19,23H,4,9-10,15-18,20-21H2,1-2H3. The molecule has 1 aromatic heterocycles. The van der Waals surface area contributed by atoms with Crippen LogP contribution in [0.2, 0.25) is 0 Å². The van der Waals surface area contributed by atoms with Crippen molar-refractivity contribution in [2.75, 3.05) is 51.3 Å². The molecule has 5 rings (SSSR count). The van der Waals surface area contributed by atoms with Gasteiger partial charge in [-0.15, -0.1) is 10.2 Å². The van der Waals surface area contributed by atoms with Crippen LogP contribution in [0.4, 0.5) is 5.82 Å². The maximum atomic E-state index is 13.4. The number of rotatable bonds is 9. The molecule has 2 heterocycles. The van der Waals surface area contributed by atoms with Gasteiger partial charge in [-0.1, -0.05) is 29.8 Å². The Labute approximate surface area is 230 Å². The number of aromatic nitrogens is 2. The molecule has 1 aliphatic heterocycles. The van der Waals surface area contributed by atoms with Crippen LogP contribution in [0.5, 0.6) is 5.75 Å². The second kappa shape index (κ2) is 11.7. The first kappa shape index (κ1) is 27.1. The lowest BCUT2D eigenvalue weighted by Crippen LogP contribution is -2.44. The van der Waals surface area contributed by atoms with E-state index < -0.39 is 10.0 Å². The van der Waals surface area contributed by atoms with Crippen molar-refractivity contribution in [3.8, 4) is 17.0 Å². The second-order valence-electron chi connectivity index (χ2n) is 10.3. The Morgan fingerprint density at radius 3 is 2.49 bits per heavy atom. The van der Waals surface area contributed by atoms with Crippen molar-refractivity contribution >= 4 is 21.7 Å². The molecule has 1 amide bonds. The monoisotopic (exact) mass is 549 g/mol. The number of sulfonamides is 1. The summed E-state index contributed by atoms with van der Waals surface area (Å²) in [6.45, 7) is 4.59. The van der Waals surface area contributed by atoms with E-state index in [1.165, 1.54) is 4.31 Å². The first-order chi connectivity index (χ1) is 18.8.